The molecule has 3 rings (SSSR count). The number of hydrogen-bond donors (Lipinski definition) is 1. The summed E-state index contributed by atoms with van der Waals surface area (Å²) in [7, 11) is 0. The first-order valence-electron chi connectivity index (χ1n) is 8.58. The SMILES string of the molecule is O=C(Nc1ccc(OCCc2ccccn2)cc1C(=O)[O-])c1ccc(Cl)cc1Cl. The Hall–Kier alpha value is -3.09. The number of rotatable bonds is 7. The van der Waals surface area contributed by atoms with E-state index in [4.69, 9.17) is 27.9 Å². The lowest BCUT2D eigenvalue weighted by atomic mass is 10.1. The van der Waals surface area contributed by atoms with E-state index in [1.807, 2.05) is 18.2 Å². The van der Waals surface area contributed by atoms with Gasteiger partial charge in [-0.25, -0.2) is 0 Å². The molecule has 148 valence electrons. The number of carboxylic acids is 1. The highest BCUT2D eigenvalue weighted by Crippen LogP contribution is 2.25. The third-order valence-corrected chi connectivity index (χ3v) is 4.54. The zero-order valence-corrected chi connectivity index (χ0v) is 16.5. The van der Waals surface area contributed by atoms with E-state index in [9.17, 15) is 14.7 Å². The summed E-state index contributed by atoms with van der Waals surface area (Å²) < 4.78 is 5.60. The molecule has 0 saturated carbocycles. The van der Waals surface area contributed by atoms with Gasteiger partial charge in [-0.05, 0) is 48.5 Å². The number of benzene rings is 2. The summed E-state index contributed by atoms with van der Waals surface area (Å²) in [6.07, 6.45) is 2.25. The molecule has 0 spiro atoms. The molecule has 0 unspecified atom stereocenters. The van der Waals surface area contributed by atoms with Crippen LogP contribution in [0.4, 0.5) is 5.69 Å². The number of carbonyl (C=O) groups is 2. The summed E-state index contributed by atoms with van der Waals surface area (Å²) in [5.74, 6) is -1.68. The highest BCUT2D eigenvalue weighted by molar-refractivity contribution is 6.37. The number of nitrogens with one attached hydrogen (secondary N) is 1. The minimum Gasteiger partial charge on any atom is -0.545 e. The van der Waals surface area contributed by atoms with Gasteiger partial charge in [0.25, 0.3) is 5.91 Å². The monoisotopic (exact) mass is 429 g/mol. The molecular formula is C21H15Cl2N2O4-. The quantitative estimate of drug-likeness (QED) is 0.618. The number of halogens is 2. The smallest absolute Gasteiger partial charge is 0.257 e. The molecule has 0 aliphatic carbocycles. The lowest BCUT2D eigenvalue weighted by Gasteiger charge is -2.15. The average molecular weight is 430 g/mol. The second kappa shape index (κ2) is 9.41. The molecule has 29 heavy (non-hydrogen) atoms. The lowest BCUT2D eigenvalue weighted by molar-refractivity contribution is -0.254. The number of nitrogens with zero attached hydrogens (tertiary/aromatic N) is 1. The van der Waals surface area contributed by atoms with Crippen molar-refractivity contribution in [2.75, 3.05) is 11.9 Å². The fourth-order valence-electron chi connectivity index (χ4n) is 2.57. The third-order valence-electron chi connectivity index (χ3n) is 3.99. The second-order valence-corrected chi connectivity index (χ2v) is 6.84. The van der Waals surface area contributed by atoms with Crippen LogP contribution in [-0.2, 0) is 6.42 Å². The minimum absolute atomic E-state index is 0.0677. The van der Waals surface area contributed by atoms with Gasteiger partial charge in [0.15, 0.2) is 0 Å². The van der Waals surface area contributed by atoms with E-state index in [-0.39, 0.29) is 21.8 Å². The van der Waals surface area contributed by atoms with E-state index >= 15 is 0 Å². The number of ether oxygens (including phenoxy) is 1. The van der Waals surface area contributed by atoms with Crippen LogP contribution in [0.25, 0.3) is 0 Å². The van der Waals surface area contributed by atoms with Crippen molar-refractivity contribution in [3.8, 4) is 5.75 Å². The van der Waals surface area contributed by atoms with Crippen molar-refractivity contribution in [3.05, 3.63) is 87.7 Å². The Morgan fingerprint density at radius 2 is 1.86 bits per heavy atom. The van der Waals surface area contributed by atoms with E-state index in [1.165, 1.54) is 30.3 Å². The molecule has 0 radical (unpaired) electrons. The van der Waals surface area contributed by atoms with Crippen molar-refractivity contribution < 1.29 is 19.4 Å². The van der Waals surface area contributed by atoms with Crippen LogP contribution in [0.5, 0.6) is 5.75 Å². The van der Waals surface area contributed by atoms with Gasteiger partial charge in [0, 0.05) is 28.9 Å². The first-order valence-corrected chi connectivity index (χ1v) is 9.34. The maximum atomic E-state index is 12.4. The number of aromatic carboxylic acids is 1. The van der Waals surface area contributed by atoms with Crippen molar-refractivity contribution in [1.29, 1.82) is 0 Å². The van der Waals surface area contributed by atoms with E-state index in [1.54, 1.807) is 12.3 Å². The number of aromatic nitrogens is 1. The predicted octanol–water partition coefficient (Wildman–Crippen LogP) is 3.63. The van der Waals surface area contributed by atoms with Crippen molar-refractivity contribution in [2.24, 2.45) is 0 Å². The number of anilines is 1. The Bertz CT molecular complexity index is 1040. The minimum atomic E-state index is -1.45. The highest BCUT2D eigenvalue weighted by atomic mass is 35.5. The largest absolute Gasteiger partial charge is 0.545 e. The van der Waals surface area contributed by atoms with Crippen LogP contribution in [0.3, 0.4) is 0 Å². The number of carbonyl (C=O) groups excluding carboxylic acids is 2. The van der Waals surface area contributed by atoms with E-state index in [2.05, 4.69) is 10.3 Å². The fourth-order valence-corrected chi connectivity index (χ4v) is 3.07. The van der Waals surface area contributed by atoms with Crippen LogP contribution in [0.2, 0.25) is 10.0 Å². The zero-order valence-electron chi connectivity index (χ0n) is 15.0. The molecule has 1 N–H and O–H groups in total. The van der Waals surface area contributed by atoms with Crippen LogP contribution in [0, 0.1) is 0 Å². The Morgan fingerprint density at radius 3 is 2.55 bits per heavy atom. The maximum Gasteiger partial charge on any atom is 0.257 e. The van der Waals surface area contributed by atoms with Gasteiger partial charge < -0.3 is 20.0 Å². The van der Waals surface area contributed by atoms with Crippen molar-refractivity contribution in [1.82, 2.24) is 4.98 Å². The molecule has 6 nitrogen and oxygen atoms in total. The maximum absolute atomic E-state index is 12.4. The fraction of sp³-hybridized carbons (Fsp3) is 0.0952. The van der Waals surface area contributed by atoms with Crippen molar-refractivity contribution >= 4 is 40.8 Å². The molecule has 0 fully saturated rings. The molecular weight excluding hydrogens is 415 g/mol. The topological polar surface area (TPSA) is 91.3 Å². The van der Waals surface area contributed by atoms with Crippen LogP contribution >= 0.6 is 23.2 Å². The summed E-state index contributed by atoms with van der Waals surface area (Å²) >= 11 is 11.9. The highest BCUT2D eigenvalue weighted by Gasteiger charge is 2.14. The Labute approximate surface area is 177 Å². The van der Waals surface area contributed by atoms with Gasteiger partial charge in [-0.15, -0.1) is 0 Å². The van der Waals surface area contributed by atoms with E-state index in [0.717, 1.165) is 5.69 Å². The van der Waals surface area contributed by atoms with Gasteiger partial charge in [0.2, 0.25) is 0 Å². The van der Waals surface area contributed by atoms with Gasteiger partial charge in [-0.2, -0.15) is 0 Å². The third kappa shape index (κ3) is 5.47. The molecule has 3 aromatic rings. The standard InChI is InChI=1S/C21H16Cl2N2O4/c22-13-4-6-16(18(23)11-13)20(26)25-19-7-5-15(12-17(19)21(27)28)29-10-8-14-3-1-2-9-24-14/h1-7,9,11-12H,8,10H2,(H,25,26)(H,27,28)/p-1. The Balaban J connectivity index is 1.72. The number of pyridine rings is 1. The summed E-state index contributed by atoms with van der Waals surface area (Å²) in [5, 5.41) is 14.6. The zero-order chi connectivity index (χ0) is 20.8. The molecule has 0 aliphatic heterocycles. The number of hydrogen-bond acceptors (Lipinski definition) is 5. The van der Waals surface area contributed by atoms with Crippen molar-refractivity contribution in [2.45, 2.75) is 6.42 Å². The summed E-state index contributed by atoms with van der Waals surface area (Å²) in [4.78, 5) is 28.2. The van der Waals surface area contributed by atoms with Crippen molar-refractivity contribution in [3.63, 3.8) is 0 Å². The van der Waals surface area contributed by atoms with Gasteiger partial charge in [-0.3, -0.25) is 9.78 Å². The molecule has 1 heterocycles. The Morgan fingerprint density at radius 1 is 1.03 bits per heavy atom. The summed E-state index contributed by atoms with van der Waals surface area (Å²) in [5.41, 5.74) is 0.879. The molecule has 0 aliphatic rings. The molecule has 0 atom stereocenters. The van der Waals surface area contributed by atoms with Crippen LogP contribution in [0.15, 0.2) is 60.8 Å². The normalized spacial score (nSPS) is 10.4. The Kier molecular flexibility index (Phi) is 6.69. The molecule has 0 saturated heterocycles. The van der Waals surface area contributed by atoms with Gasteiger partial charge in [0.1, 0.15) is 5.75 Å². The van der Waals surface area contributed by atoms with Crippen LogP contribution in [0.1, 0.15) is 26.4 Å². The molecule has 1 aromatic heterocycles. The molecule has 8 heteroatoms. The number of carboxylic acid groups (broad SMARTS) is 1. The van der Waals surface area contributed by atoms with Crippen LogP contribution in [-0.4, -0.2) is 23.5 Å². The first kappa shape index (κ1) is 20.6. The average Bonchev–Trinajstić information content (AvgIpc) is 2.69. The van der Waals surface area contributed by atoms with Gasteiger partial charge >= 0.3 is 0 Å². The van der Waals surface area contributed by atoms with Crippen LogP contribution < -0.4 is 15.2 Å². The lowest BCUT2D eigenvalue weighted by Crippen LogP contribution is -2.25. The molecule has 1 amide bonds. The molecule has 0 bridgehead atoms. The second-order valence-electron chi connectivity index (χ2n) is 5.99. The van der Waals surface area contributed by atoms with Gasteiger partial charge in [0.05, 0.1) is 28.8 Å². The summed E-state index contributed by atoms with van der Waals surface area (Å²) in [6.45, 7) is 0.315. The van der Waals surface area contributed by atoms with E-state index in [0.29, 0.717) is 23.8 Å². The number of amides is 1. The molecule has 2 aromatic carbocycles. The summed E-state index contributed by atoms with van der Waals surface area (Å²) in [6, 6.07) is 14.3. The first-order chi connectivity index (χ1) is 13.9. The predicted molar refractivity (Wildman–Crippen MR) is 109 cm³/mol. The van der Waals surface area contributed by atoms with Gasteiger partial charge in [-0.1, -0.05) is 29.3 Å². The van der Waals surface area contributed by atoms with E-state index < -0.39 is 11.9 Å².